The van der Waals surface area contributed by atoms with Crippen LogP contribution >= 0.6 is 0 Å². The van der Waals surface area contributed by atoms with Gasteiger partial charge in [0.1, 0.15) is 45.0 Å². The Morgan fingerprint density at radius 2 is 0.897 bits per heavy atom. The number of benzene rings is 4. The number of carbonyl (C=O) groups is 6. The molecule has 0 saturated carbocycles. The average Bonchev–Trinajstić information content (AvgIpc) is 3.19. The van der Waals surface area contributed by atoms with Crippen molar-refractivity contribution in [3.8, 4) is 23.0 Å². The number of phenolic OH excluding ortho intramolecular Hbond substituents is 2. The van der Waals surface area contributed by atoms with Crippen molar-refractivity contribution >= 4 is 56.6 Å². The van der Waals surface area contributed by atoms with E-state index >= 15 is 19.2 Å². The molecule has 0 heterocycles. The lowest BCUT2D eigenvalue weighted by Crippen LogP contribution is -2.67. The van der Waals surface area contributed by atoms with E-state index in [1.807, 2.05) is 13.8 Å². The SMILES string of the molecule is CCCc1c(C(=O)OC)c(OC)cc2cc3c(c(O)c12)C(=O)C(C)(C1(C)C(=O)c2c(cc4cc(OC)c(C(=O)OC)c(CCC)c4c2O)C(C)(C)C1=O)C(=O)C3(C)C. The highest BCUT2D eigenvalue weighted by Gasteiger charge is 2.72. The van der Waals surface area contributed by atoms with E-state index < -0.39 is 68.2 Å². The summed E-state index contributed by atoms with van der Waals surface area (Å²) >= 11 is 0. The van der Waals surface area contributed by atoms with E-state index in [9.17, 15) is 19.8 Å². The molecular formula is C46H50O12. The molecule has 0 aliphatic heterocycles. The van der Waals surface area contributed by atoms with Gasteiger partial charge < -0.3 is 29.2 Å². The summed E-state index contributed by atoms with van der Waals surface area (Å²) in [6.45, 7) is 12.6. The smallest absolute Gasteiger partial charge is 0.341 e. The molecule has 0 spiro atoms. The van der Waals surface area contributed by atoms with Gasteiger partial charge in [-0.3, -0.25) is 19.2 Å². The van der Waals surface area contributed by atoms with Gasteiger partial charge in [0.2, 0.25) is 0 Å². The van der Waals surface area contributed by atoms with Crippen LogP contribution in [-0.2, 0) is 42.7 Å². The van der Waals surface area contributed by atoms with Crippen LogP contribution in [0.1, 0.15) is 132 Å². The minimum absolute atomic E-state index is 0.0667. The van der Waals surface area contributed by atoms with Gasteiger partial charge in [0.15, 0.2) is 23.1 Å². The second kappa shape index (κ2) is 14.0. The molecule has 2 aliphatic carbocycles. The van der Waals surface area contributed by atoms with Gasteiger partial charge in [0, 0.05) is 10.8 Å². The summed E-state index contributed by atoms with van der Waals surface area (Å²) in [7, 11) is 5.22. The van der Waals surface area contributed by atoms with E-state index in [0.29, 0.717) is 34.7 Å². The number of hydrogen-bond donors (Lipinski definition) is 2. The summed E-state index contributed by atoms with van der Waals surface area (Å²) in [6, 6.07) is 6.29. The molecule has 0 amide bonds. The fraction of sp³-hybridized carbons (Fsp3) is 0.435. The molecule has 4 aromatic rings. The quantitative estimate of drug-likeness (QED) is 0.125. The standard InChI is InChI=1S/C46H50O12/c1-13-15-23-29-21(19-27(55-9)31(23)39(51)57-11)17-25-33(35(29)47)37(49)45(7,41(53)43(25,3)4)46(8)38(50)34-26(44(5,6)42(46)54)18-22-20-28(56-10)32(40(52)58-12)24(16-14-2)30(22)36(34)48/h17-20,47-48H,13-16H2,1-12H3. The summed E-state index contributed by atoms with van der Waals surface area (Å²) in [5, 5.41) is 25.8. The number of ketones is 4. The Hall–Kier alpha value is -5.78. The first kappa shape index (κ1) is 41.8. The van der Waals surface area contributed by atoms with Crippen molar-refractivity contribution in [3.05, 3.63) is 68.8 Å². The highest BCUT2D eigenvalue weighted by Crippen LogP contribution is 2.61. The number of phenols is 2. The second-order valence-electron chi connectivity index (χ2n) is 16.7. The fourth-order valence-electron chi connectivity index (χ4n) is 9.74. The largest absolute Gasteiger partial charge is 0.507 e. The molecule has 306 valence electrons. The zero-order chi connectivity index (χ0) is 43.2. The highest BCUT2D eigenvalue weighted by atomic mass is 16.5. The molecule has 6 rings (SSSR count). The molecule has 12 heteroatoms. The Morgan fingerprint density at radius 1 is 0.569 bits per heavy atom. The van der Waals surface area contributed by atoms with E-state index in [-0.39, 0.29) is 68.5 Å². The zero-order valence-electron chi connectivity index (χ0n) is 35.1. The van der Waals surface area contributed by atoms with Crippen molar-refractivity contribution in [1.29, 1.82) is 0 Å². The number of Topliss-reactive ketones (excluding diaryl/α,β-unsaturated/α-hetero) is 4. The van der Waals surface area contributed by atoms with Crippen LogP contribution in [0.25, 0.3) is 21.5 Å². The lowest BCUT2D eigenvalue weighted by Gasteiger charge is -2.53. The third-order valence-corrected chi connectivity index (χ3v) is 12.9. The van der Waals surface area contributed by atoms with Crippen molar-refractivity contribution < 1.29 is 57.9 Å². The summed E-state index contributed by atoms with van der Waals surface area (Å²) in [6.07, 6.45) is 1.60. The number of fused-ring (bicyclic) bond motifs is 4. The molecule has 12 nitrogen and oxygen atoms in total. The Bertz CT molecular complexity index is 2360. The van der Waals surface area contributed by atoms with Gasteiger partial charge in [0.25, 0.3) is 0 Å². The first-order chi connectivity index (χ1) is 27.1. The molecule has 0 radical (unpaired) electrons. The number of rotatable bonds is 9. The van der Waals surface area contributed by atoms with E-state index in [0.717, 1.165) is 0 Å². The number of ether oxygens (including phenoxy) is 4. The van der Waals surface area contributed by atoms with Crippen LogP contribution < -0.4 is 9.47 Å². The molecule has 4 aromatic carbocycles. The molecule has 0 aromatic heterocycles. The number of carbonyl (C=O) groups excluding carboxylic acids is 6. The van der Waals surface area contributed by atoms with Crippen molar-refractivity contribution in [2.24, 2.45) is 10.8 Å². The Kier molecular flexibility index (Phi) is 10.1. The number of hydrogen-bond acceptors (Lipinski definition) is 12. The van der Waals surface area contributed by atoms with E-state index in [1.165, 1.54) is 54.4 Å². The molecule has 2 N–H and O–H groups in total. The van der Waals surface area contributed by atoms with Crippen molar-refractivity contribution in [3.63, 3.8) is 0 Å². The van der Waals surface area contributed by atoms with E-state index in [1.54, 1.807) is 39.8 Å². The van der Waals surface area contributed by atoms with Crippen molar-refractivity contribution in [2.75, 3.05) is 28.4 Å². The molecule has 0 saturated heterocycles. The van der Waals surface area contributed by atoms with Crippen LogP contribution in [-0.4, -0.2) is 73.7 Å². The van der Waals surface area contributed by atoms with Crippen LogP contribution in [0.4, 0.5) is 0 Å². The third kappa shape index (κ3) is 5.18. The maximum atomic E-state index is 15.4. The minimum Gasteiger partial charge on any atom is -0.507 e. The van der Waals surface area contributed by atoms with Crippen LogP contribution in [0.15, 0.2) is 24.3 Å². The van der Waals surface area contributed by atoms with E-state index in [2.05, 4.69) is 0 Å². The minimum atomic E-state index is -2.43. The normalized spacial score (nSPS) is 20.8. The Labute approximate surface area is 336 Å². The summed E-state index contributed by atoms with van der Waals surface area (Å²) < 4.78 is 21.4. The fourth-order valence-corrected chi connectivity index (χ4v) is 9.74. The van der Waals surface area contributed by atoms with Gasteiger partial charge in [-0.2, -0.15) is 0 Å². The molecule has 0 bridgehead atoms. The first-order valence-electron chi connectivity index (χ1n) is 19.3. The van der Waals surface area contributed by atoms with Gasteiger partial charge in [-0.25, -0.2) is 9.59 Å². The topological polar surface area (TPSA) is 180 Å². The molecule has 0 fully saturated rings. The number of esters is 2. The van der Waals surface area contributed by atoms with E-state index in [4.69, 9.17) is 18.9 Å². The molecule has 2 atom stereocenters. The van der Waals surface area contributed by atoms with Crippen LogP contribution in [0.3, 0.4) is 0 Å². The average molecular weight is 795 g/mol. The van der Waals surface area contributed by atoms with Crippen LogP contribution in [0, 0.1) is 10.8 Å². The summed E-state index contributed by atoms with van der Waals surface area (Å²) in [4.78, 5) is 87.6. The predicted molar refractivity (Wildman–Crippen MR) is 216 cm³/mol. The van der Waals surface area contributed by atoms with Crippen molar-refractivity contribution in [1.82, 2.24) is 0 Å². The third-order valence-electron chi connectivity index (χ3n) is 12.9. The van der Waals surface area contributed by atoms with Gasteiger partial charge in [-0.1, -0.05) is 26.7 Å². The number of methoxy groups -OCH3 is 4. The second-order valence-corrected chi connectivity index (χ2v) is 16.7. The predicted octanol–water partition coefficient (Wildman–Crippen LogP) is 7.70. The number of aromatic hydroxyl groups is 2. The van der Waals surface area contributed by atoms with Gasteiger partial charge in [-0.15, -0.1) is 0 Å². The van der Waals surface area contributed by atoms with Gasteiger partial charge in [-0.05, 0) is 112 Å². The Morgan fingerprint density at radius 3 is 1.17 bits per heavy atom. The van der Waals surface area contributed by atoms with Crippen LogP contribution in [0.2, 0.25) is 0 Å². The molecule has 58 heavy (non-hydrogen) atoms. The summed E-state index contributed by atoms with van der Waals surface area (Å²) in [5.41, 5.74) is -7.31. The molecular weight excluding hydrogens is 744 g/mol. The summed E-state index contributed by atoms with van der Waals surface area (Å²) in [5.74, 6) is -5.51. The molecule has 2 aliphatic rings. The van der Waals surface area contributed by atoms with Gasteiger partial charge >= 0.3 is 11.9 Å². The van der Waals surface area contributed by atoms with Crippen molar-refractivity contribution in [2.45, 2.75) is 91.9 Å². The lowest BCUT2D eigenvalue weighted by molar-refractivity contribution is -0.146. The maximum absolute atomic E-state index is 15.4. The Balaban J connectivity index is 1.71. The monoisotopic (exact) mass is 794 g/mol. The lowest BCUT2D eigenvalue weighted by atomic mass is 9.44. The molecule has 2 unspecified atom stereocenters. The highest BCUT2D eigenvalue weighted by molar-refractivity contribution is 6.34. The van der Waals surface area contributed by atoms with Gasteiger partial charge in [0.05, 0.1) is 50.4 Å². The zero-order valence-corrected chi connectivity index (χ0v) is 35.1. The maximum Gasteiger partial charge on any atom is 0.341 e. The van der Waals surface area contributed by atoms with Crippen LogP contribution in [0.5, 0.6) is 23.0 Å². The first-order valence-corrected chi connectivity index (χ1v) is 19.3. The number of aryl methyl sites for hydroxylation is 2.